The molecule has 6 heteroatoms. The quantitative estimate of drug-likeness (QED) is 0.843. The molecule has 0 bridgehead atoms. The Labute approximate surface area is 141 Å². The highest BCUT2D eigenvalue weighted by Crippen LogP contribution is 2.11. The third kappa shape index (κ3) is 5.08. The van der Waals surface area contributed by atoms with Crippen molar-refractivity contribution in [2.45, 2.75) is 13.5 Å². The van der Waals surface area contributed by atoms with E-state index in [9.17, 15) is 9.59 Å². The number of nitrogens with zero attached hydrogens (tertiary/aromatic N) is 2. The minimum absolute atomic E-state index is 0.0439. The summed E-state index contributed by atoms with van der Waals surface area (Å²) >= 11 is 0. The standard InChI is InChI=1S/C18H21N3O3/c1-14(22)21(13-15-4-3-9-19-12-15)11-10-20-18(23)16-5-7-17(24-2)8-6-16/h3-9,12H,10-11,13H2,1-2H3,(H,20,23). The van der Waals surface area contributed by atoms with Crippen LogP contribution in [-0.4, -0.2) is 41.9 Å². The molecule has 1 aromatic heterocycles. The first-order valence-electron chi connectivity index (χ1n) is 7.67. The third-order valence-corrected chi connectivity index (χ3v) is 3.56. The van der Waals surface area contributed by atoms with Crippen LogP contribution >= 0.6 is 0 Å². The van der Waals surface area contributed by atoms with Gasteiger partial charge in [0.25, 0.3) is 5.91 Å². The zero-order valence-electron chi connectivity index (χ0n) is 13.9. The molecule has 126 valence electrons. The fraction of sp³-hybridized carbons (Fsp3) is 0.278. The Hall–Kier alpha value is -2.89. The highest BCUT2D eigenvalue weighted by molar-refractivity contribution is 5.94. The smallest absolute Gasteiger partial charge is 0.251 e. The van der Waals surface area contributed by atoms with Crippen molar-refractivity contribution >= 4 is 11.8 Å². The Morgan fingerprint density at radius 3 is 2.54 bits per heavy atom. The van der Waals surface area contributed by atoms with Gasteiger partial charge in [0.15, 0.2) is 0 Å². The van der Waals surface area contributed by atoms with E-state index >= 15 is 0 Å². The maximum absolute atomic E-state index is 12.1. The lowest BCUT2D eigenvalue weighted by Gasteiger charge is -2.21. The van der Waals surface area contributed by atoms with Gasteiger partial charge in [-0.25, -0.2) is 0 Å². The van der Waals surface area contributed by atoms with Crippen molar-refractivity contribution < 1.29 is 14.3 Å². The van der Waals surface area contributed by atoms with E-state index in [-0.39, 0.29) is 11.8 Å². The molecule has 2 amide bonds. The van der Waals surface area contributed by atoms with E-state index in [4.69, 9.17) is 4.74 Å². The molecule has 0 aliphatic rings. The number of aromatic nitrogens is 1. The van der Waals surface area contributed by atoms with Crippen LogP contribution in [-0.2, 0) is 11.3 Å². The average Bonchev–Trinajstić information content (AvgIpc) is 2.61. The third-order valence-electron chi connectivity index (χ3n) is 3.56. The number of rotatable bonds is 7. The van der Waals surface area contributed by atoms with Crippen LogP contribution in [0.4, 0.5) is 0 Å². The predicted molar refractivity (Wildman–Crippen MR) is 90.7 cm³/mol. The zero-order chi connectivity index (χ0) is 17.4. The number of carbonyl (C=O) groups excluding carboxylic acids is 2. The van der Waals surface area contributed by atoms with Gasteiger partial charge in [-0.15, -0.1) is 0 Å². The molecule has 0 spiro atoms. The highest BCUT2D eigenvalue weighted by atomic mass is 16.5. The van der Waals surface area contributed by atoms with Gasteiger partial charge >= 0.3 is 0 Å². The van der Waals surface area contributed by atoms with E-state index in [1.54, 1.807) is 48.7 Å². The van der Waals surface area contributed by atoms with Crippen LogP contribution in [0.1, 0.15) is 22.8 Å². The lowest BCUT2D eigenvalue weighted by molar-refractivity contribution is -0.129. The molecule has 1 aromatic carbocycles. The van der Waals surface area contributed by atoms with Crippen LogP contribution < -0.4 is 10.1 Å². The summed E-state index contributed by atoms with van der Waals surface area (Å²) in [5, 5.41) is 2.82. The summed E-state index contributed by atoms with van der Waals surface area (Å²) in [6, 6.07) is 10.6. The number of ether oxygens (including phenoxy) is 1. The molecular formula is C18H21N3O3. The fourth-order valence-corrected chi connectivity index (χ4v) is 2.21. The Morgan fingerprint density at radius 2 is 1.96 bits per heavy atom. The molecule has 0 saturated carbocycles. The lowest BCUT2D eigenvalue weighted by Crippen LogP contribution is -2.37. The second-order valence-electron chi connectivity index (χ2n) is 5.29. The normalized spacial score (nSPS) is 10.1. The number of nitrogens with one attached hydrogen (secondary N) is 1. The minimum Gasteiger partial charge on any atom is -0.497 e. The molecule has 0 fully saturated rings. The van der Waals surface area contributed by atoms with Crippen molar-refractivity contribution in [3.8, 4) is 5.75 Å². The number of benzene rings is 1. The first kappa shape index (κ1) is 17.5. The summed E-state index contributed by atoms with van der Waals surface area (Å²) in [7, 11) is 1.58. The molecule has 0 radical (unpaired) electrons. The van der Waals surface area contributed by atoms with Crippen LogP contribution in [0.25, 0.3) is 0 Å². The molecule has 2 rings (SSSR count). The van der Waals surface area contributed by atoms with Crippen molar-refractivity contribution in [3.63, 3.8) is 0 Å². The topological polar surface area (TPSA) is 71.5 Å². The number of hydrogen-bond acceptors (Lipinski definition) is 4. The fourth-order valence-electron chi connectivity index (χ4n) is 2.21. The SMILES string of the molecule is COc1ccc(C(=O)NCCN(Cc2cccnc2)C(C)=O)cc1. The van der Waals surface area contributed by atoms with E-state index < -0.39 is 0 Å². The molecule has 0 atom stereocenters. The second kappa shape index (κ2) is 8.67. The number of methoxy groups -OCH3 is 1. The summed E-state index contributed by atoms with van der Waals surface area (Å²) in [6.45, 7) is 2.81. The van der Waals surface area contributed by atoms with Crippen molar-refractivity contribution in [1.82, 2.24) is 15.2 Å². The van der Waals surface area contributed by atoms with Crippen molar-refractivity contribution in [3.05, 3.63) is 59.9 Å². The summed E-state index contributed by atoms with van der Waals surface area (Å²) in [4.78, 5) is 29.5. The molecular weight excluding hydrogens is 306 g/mol. The number of carbonyl (C=O) groups is 2. The van der Waals surface area contributed by atoms with Gasteiger partial charge in [-0.2, -0.15) is 0 Å². The largest absolute Gasteiger partial charge is 0.497 e. The average molecular weight is 327 g/mol. The Balaban J connectivity index is 1.85. The lowest BCUT2D eigenvalue weighted by atomic mass is 10.2. The Kier molecular flexibility index (Phi) is 6.31. The summed E-state index contributed by atoms with van der Waals surface area (Å²) in [5.41, 5.74) is 1.51. The molecule has 1 N–H and O–H groups in total. The molecule has 0 aliphatic carbocycles. The first-order valence-corrected chi connectivity index (χ1v) is 7.67. The van der Waals surface area contributed by atoms with Crippen LogP contribution in [0.5, 0.6) is 5.75 Å². The van der Waals surface area contributed by atoms with Crippen LogP contribution in [0.2, 0.25) is 0 Å². The summed E-state index contributed by atoms with van der Waals surface area (Å²) in [5.74, 6) is 0.478. The monoisotopic (exact) mass is 327 g/mol. The number of amides is 2. The van der Waals surface area contributed by atoms with Crippen molar-refractivity contribution in [2.75, 3.05) is 20.2 Å². The maximum Gasteiger partial charge on any atom is 0.251 e. The summed E-state index contributed by atoms with van der Waals surface area (Å²) in [6.07, 6.45) is 3.42. The van der Waals surface area contributed by atoms with E-state index in [0.29, 0.717) is 30.9 Å². The second-order valence-corrected chi connectivity index (χ2v) is 5.29. The highest BCUT2D eigenvalue weighted by Gasteiger charge is 2.11. The number of pyridine rings is 1. The van der Waals surface area contributed by atoms with Gasteiger partial charge < -0.3 is 15.0 Å². The Bertz CT molecular complexity index is 672. The number of hydrogen-bond donors (Lipinski definition) is 1. The van der Waals surface area contributed by atoms with Crippen molar-refractivity contribution in [2.24, 2.45) is 0 Å². The molecule has 0 unspecified atom stereocenters. The van der Waals surface area contributed by atoms with Crippen LogP contribution in [0.3, 0.4) is 0 Å². The molecule has 1 heterocycles. The van der Waals surface area contributed by atoms with Gasteiger partial charge in [0.1, 0.15) is 5.75 Å². The van der Waals surface area contributed by atoms with Gasteiger partial charge in [-0.3, -0.25) is 14.6 Å². The summed E-state index contributed by atoms with van der Waals surface area (Å²) < 4.78 is 5.06. The van der Waals surface area contributed by atoms with Crippen LogP contribution in [0, 0.1) is 0 Å². The Morgan fingerprint density at radius 1 is 1.21 bits per heavy atom. The molecule has 2 aromatic rings. The van der Waals surface area contributed by atoms with Crippen molar-refractivity contribution in [1.29, 1.82) is 0 Å². The van der Waals surface area contributed by atoms with Gasteiger partial charge in [-0.1, -0.05) is 6.07 Å². The van der Waals surface area contributed by atoms with Gasteiger partial charge in [0.2, 0.25) is 5.91 Å². The molecule has 0 aliphatic heterocycles. The van der Waals surface area contributed by atoms with E-state index in [1.165, 1.54) is 6.92 Å². The predicted octanol–water partition coefficient (Wildman–Crippen LogP) is 1.87. The molecule has 6 nitrogen and oxygen atoms in total. The minimum atomic E-state index is -0.178. The molecule has 24 heavy (non-hydrogen) atoms. The molecule has 0 saturated heterocycles. The van der Waals surface area contributed by atoms with Gasteiger partial charge in [0, 0.05) is 44.5 Å². The van der Waals surface area contributed by atoms with Gasteiger partial charge in [0.05, 0.1) is 7.11 Å². The van der Waals surface area contributed by atoms with E-state index in [2.05, 4.69) is 10.3 Å². The van der Waals surface area contributed by atoms with E-state index in [0.717, 1.165) is 5.56 Å². The van der Waals surface area contributed by atoms with Crippen LogP contribution in [0.15, 0.2) is 48.8 Å². The first-order chi connectivity index (χ1) is 11.6. The van der Waals surface area contributed by atoms with Gasteiger partial charge in [-0.05, 0) is 35.9 Å². The maximum atomic E-state index is 12.1. The van der Waals surface area contributed by atoms with E-state index in [1.807, 2.05) is 12.1 Å². The zero-order valence-corrected chi connectivity index (χ0v) is 13.9.